The van der Waals surface area contributed by atoms with Crippen LogP contribution < -0.4 is 10.1 Å². The molecular weight excluding hydrogens is 306 g/mol. The number of ether oxygens (including phenoxy) is 1. The van der Waals surface area contributed by atoms with Gasteiger partial charge in [-0.05, 0) is 29.9 Å². The number of thiocarbonyl (C=S) groups is 1. The minimum atomic E-state index is -0.475. The number of amides is 1. The number of nitrogens with one attached hydrogen (secondary N) is 1. The van der Waals surface area contributed by atoms with Gasteiger partial charge in [-0.2, -0.15) is 0 Å². The Labute approximate surface area is 142 Å². The molecule has 23 heavy (non-hydrogen) atoms. The van der Waals surface area contributed by atoms with Gasteiger partial charge in [0, 0.05) is 11.8 Å². The van der Waals surface area contributed by atoms with Crippen LogP contribution in [0.5, 0.6) is 5.75 Å². The fourth-order valence-corrected chi connectivity index (χ4v) is 2.15. The summed E-state index contributed by atoms with van der Waals surface area (Å²) in [6.07, 6.45) is 0.553. The zero-order chi connectivity index (χ0) is 16.9. The normalized spacial score (nSPS) is 10.9. The molecule has 2 rings (SSSR count). The molecule has 0 aliphatic heterocycles. The highest BCUT2D eigenvalue weighted by molar-refractivity contribution is 7.80. The molecule has 2 aromatic rings. The Hall–Kier alpha value is -2.20. The van der Waals surface area contributed by atoms with E-state index in [1.54, 1.807) is 6.07 Å². The number of hydrogen-bond donors (Lipinski definition) is 1. The maximum Gasteiger partial charge on any atom is 0.229 e. The van der Waals surface area contributed by atoms with Crippen molar-refractivity contribution in [1.29, 1.82) is 0 Å². The van der Waals surface area contributed by atoms with Crippen LogP contribution in [-0.2, 0) is 11.2 Å². The van der Waals surface area contributed by atoms with E-state index in [4.69, 9.17) is 17.0 Å². The highest BCUT2D eigenvalue weighted by Gasteiger charge is 2.22. The molecule has 2 aromatic carbocycles. The van der Waals surface area contributed by atoms with Gasteiger partial charge in [0.05, 0.1) is 5.69 Å². The highest BCUT2D eigenvalue weighted by Crippen LogP contribution is 2.27. The monoisotopic (exact) mass is 327 g/mol. The summed E-state index contributed by atoms with van der Waals surface area (Å²) in [4.78, 5) is 12.2. The van der Waals surface area contributed by atoms with Gasteiger partial charge in [0.2, 0.25) is 5.91 Å². The van der Waals surface area contributed by atoms with Crippen LogP contribution in [0.15, 0.2) is 54.6 Å². The van der Waals surface area contributed by atoms with Crippen molar-refractivity contribution in [2.45, 2.75) is 27.2 Å². The molecule has 0 saturated carbocycles. The third kappa shape index (κ3) is 5.18. The van der Waals surface area contributed by atoms with Gasteiger partial charge < -0.3 is 10.1 Å². The predicted molar refractivity (Wildman–Crippen MR) is 97.9 cm³/mol. The van der Waals surface area contributed by atoms with Crippen molar-refractivity contribution in [1.82, 2.24) is 0 Å². The van der Waals surface area contributed by atoms with Crippen molar-refractivity contribution in [3.05, 3.63) is 60.2 Å². The Morgan fingerprint density at radius 1 is 1.04 bits per heavy atom. The summed E-state index contributed by atoms with van der Waals surface area (Å²) in [5.41, 5.74) is 1.24. The molecule has 0 saturated heterocycles. The summed E-state index contributed by atoms with van der Waals surface area (Å²) < 4.78 is 5.78. The SMILES string of the molecule is CC(C)(C)C(=O)Nc1ccccc1OC(=S)Cc1ccccc1. The van der Waals surface area contributed by atoms with Gasteiger partial charge in [-0.1, -0.05) is 63.2 Å². The van der Waals surface area contributed by atoms with E-state index in [0.29, 0.717) is 22.9 Å². The Morgan fingerprint density at radius 2 is 1.65 bits per heavy atom. The van der Waals surface area contributed by atoms with Crippen LogP contribution in [0.4, 0.5) is 5.69 Å². The molecule has 0 heterocycles. The minimum absolute atomic E-state index is 0.0671. The topological polar surface area (TPSA) is 38.3 Å². The summed E-state index contributed by atoms with van der Waals surface area (Å²) in [7, 11) is 0. The third-order valence-electron chi connectivity index (χ3n) is 3.23. The minimum Gasteiger partial charge on any atom is -0.448 e. The highest BCUT2D eigenvalue weighted by atomic mass is 32.1. The van der Waals surface area contributed by atoms with Gasteiger partial charge in [0.15, 0.2) is 10.8 Å². The van der Waals surface area contributed by atoms with E-state index in [-0.39, 0.29) is 5.91 Å². The molecule has 1 amide bonds. The summed E-state index contributed by atoms with van der Waals surface area (Å²) >= 11 is 5.33. The molecule has 0 aromatic heterocycles. The predicted octanol–water partition coefficient (Wildman–Crippen LogP) is 4.62. The van der Waals surface area contributed by atoms with Gasteiger partial charge in [-0.25, -0.2) is 0 Å². The van der Waals surface area contributed by atoms with Crippen molar-refractivity contribution in [2.75, 3.05) is 5.32 Å². The number of anilines is 1. The number of rotatable bonds is 4. The van der Waals surface area contributed by atoms with E-state index < -0.39 is 5.41 Å². The summed E-state index contributed by atoms with van der Waals surface area (Å²) in [6.45, 7) is 5.60. The van der Waals surface area contributed by atoms with Gasteiger partial charge >= 0.3 is 0 Å². The van der Waals surface area contributed by atoms with E-state index >= 15 is 0 Å². The second-order valence-corrected chi connectivity index (χ2v) is 6.79. The second kappa shape index (κ2) is 7.38. The van der Waals surface area contributed by atoms with Gasteiger partial charge in [-0.3, -0.25) is 4.79 Å². The van der Waals surface area contributed by atoms with Crippen LogP contribution in [0.1, 0.15) is 26.3 Å². The van der Waals surface area contributed by atoms with Crippen LogP contribution in [0.25, 0.3) is 0 Å². The smallest absolute Gasteiger partial charge is 0.229 e. The zero-order valence-electron chi connectivity index (χ0n) is 13.6. The maximum absolute atomic E-state index is 12.2. The quantitative estimate of drug-likeness (QED) is 0.833. The molecule has 0 spiro atoms. The first-order valence-corrected chi connectivity index (χ1v) is 7.92. The molecular formula is C19H21NO2S. The van der Waals surface area contributed by atoms with Crippen LogP contribution in [-0.4, -0.2) is 11.0 Å². The Kier molecular flexibility index (Phi) is 5.50. The van der Waals surface area contributed by atoms with Gasteiger partial charge in [-0.15, -0.1) is 0 Å². The fraction of sp³-hybridized carbons (Fsp3) is 0.263. The molecule has 120 valence electrons. The van der Waals surface area contributed by atoms with Crippen LogP contribution >= 0.6 is 12.2 Å². The lowest BCUT2D eigenvalue weighted by Crippen LogP contribution is -2.28. The number of hydrogen-bond acceptors (Lipinski definition) is 3. The van der Waals surface area contributed by atoms with Gasteiger partial charge in [0.1, 0.15) is 0 Å². The first-order chi connectivity index (χ1) is 10.9. The maximum atomic E-state index is 12.2. The molecule has 0 aliphatic carbocycles. The molecule has 0 atom stereocenters. The molecule has 3 nitrogen and oxygen atoms in total. The molecule has 0 unspecified atom stereocenters. The number of carbonyl (C=O) groups is 1. The number of para-hydroxylation sites is 2. The molecule has 1 N–H and O–H groups in total. The third-order valence-corrected chi connectivity index (χ3v) is 3.46. The van der Waals surface area contributed by atoms with Crippen molar-refractivity contribution in [3.8, 4) is 5.75 Å². The lowest BCUT2D eigenvalue weighted by atomic mass is 9.95. The van der Waals surface area contributed by atoms with E-state index in [0.717, 1.165) is 5.56 Å². The first-order valence-electron chi connectivity index (χ1n) is 7.51. The average Bonchev–Trinajstić information content (AvgIpc) is 2.49. The van der Waals surface area contributed by atoms with Crippen molar-refractivity contribution in [2.24, 2.45) is 5.41 Å². The number of benzene rings is 2. The average molecular weight is 327 g/mol. The van der Waals surface area contributed by atoms with E-state index in [2.05, 4.69) is 5.32 Å². The molecule has 0 radical (unpaired) electrons. The first kappa shape index (κ1) is 17.2. The Bertz CT molecular complexity index is 690. The summed E-state index contributed by atoms with van der Waals surface area (Å²) in [6, 6.07) is 17.2. The van der Waals surface area contributed by atoms with Crippen molar-refractivity contribution >= 4 is 28.9 Å². The summed E-state index contributed by atoms with van der Waals surface area (Å²) in [5, 5.41) is 3.36. The Balaban J connectivity index is 2.08. The molecule has 0 aliphatic rings. The molecule has 0 bridgehead atoms. The van der Waals surface area contributed by atoms with Crippen LogP contribution in [0, 0.1) is 5.41 Å². The lowest BCUT2D eigenvalue weighted by Gasteiger charge is -2.19. The fourth-order valence-electron chi connectivity index (χ4n) is 1.89. The van der Waals surface area contributed by atoms with Gasteiger partial charge in [0.25, 0.3) is 0 Å². The second-order valence-electron chi connectivity index (χ2n) is 6.34. The zero-order valence-corrected chi connectivity index (χ0v) is 14.4. The van der Waals surface area contributed by atoms with E-state index in [9.17, 15) is 4.79 Å². The molecule has 4 heteroatoms. The van der Waals surface area contributed by atoms with Crippen LogP contribution in [0.3, 0.4) is 0 Å². The van der Waals surface area contributed by atoms with E-state index in [1.165, 1.54) is 0 Å². The Morgan fingerprint density at radius 3 is 2.30 bits per heavy atom. The van der Waals surface area contributed by atoms with E-state index in [1.807, 2.05) is 69.3 Å². The molecule has 0 fully saturated rings. The summed E-state index contributed by atoms with van der Waals surface area (Å²) in [5.74, 6) is 0.494. The largest absolute Gasteiger partial charge is 0.448 e. The lowest BCUT2D eigenvalue weighted by molar-refractivity contribution is -0.123. The van der Waals surface area contributed by atoms with Crippen molar-refractivity contribution < 1.29 is 9.53 Å². The number of carbonyl (C=O) groups excluding carboxylic acids is 1. The van der Waals surface area contributed by atoms with Crippen LogP contribution in [0.2, 0.25) is 0 Å². The van der Waals surface area contributed by atoms with Crippen molar-refractivity contribution in [3.63, 3.8) is 0 Å². The standard InChI is InChI=1S/C19H21NO2S/c1-19(2,3)18(21)20-15-11-7-8-12-16(15)22-17(23)13-14-9-5-4-6-10-14/h4-12H,13H2,1-3H3,(H,20,21).